The topological polar surface area (TPSA) is 54.9 Å². The van der Waals surface area contributed by atoms with Crippen LogP contribution in [0.2, 0.25) is 0 Å². The fourth-order valence-corrected chi connectivity index (χ4v) is 3.97. The highest BCUT2D eigenvalue weighted by molar-refractivity contribution is 14.0. The molecule has 140 valence electrons. The minimum absolute atomic E-state index is 0. The number of para-hydroxylation sites is 1. The van der Waals surface area contributed by atoms with Gasteiger partial charge >= 0.3 is 0 Å². The highest BCUT2D eigenvalue weighted by Gasteiger charge is 2.59. The van der Waals surface area contributed by atoms with Crippen LogP contribution in [0.25, 0.3) is 0 Å². The van der Waals surface area contributed by atoms with E-state index in [0.29, 0.717) is 24.6 Å². The first kappa shape index (κ1) is 20.3. The van der Waals surface area contributed by atoms with Gasteiger partial charge in [0.1, 0.15) is 11.9 Å². The molecule has 1 aliphatic heterocycles. The number of ether oxygens (including phenoxy) is 2. The van der Waals surface area contributed by atoms with Gasteiger partial charge in [-0.25, -0.2) is 0 Å². The predicted molar refractivity (Wildman–Crippen MR) is 112 cm³/mol. The molecule has 1 heterocycles. The molecule has 25 heavy (non-hydrogen) atoms. The van der Waals surface area contributed by atoms with Gasteiger partial charge in [-0.05, 0) is 25.5 Å². The minimum atomic E-state index is 0. The number of rotatable bonds is 5. The van der Waals surface area contributed by atoms with Crippen molar-refractivity contribution >= 4 is 29.9 Å². The summed E-state index contributed by atoms with van der Waals surface area (Å²) in [6, 6.07) is 10.3. The maximum absolute atomic E-state index is 5.90. The van der Waals surface area contributed by atoms with Crippen molar-refractivity contribution in [2.24, 2.45) is 16.3 Å². The molecule has 1 aromatic carbocycles. The molecule has 2 N–H and O–H groups in total. The molecular weight excluding hydrogens is 429 g/mol. The summed E-state index contributed by atoms with van der Waals surface area (Å²) in [6.07, 6.45) is 1.58. The van der Waals surface area contributed by atoms with Crippen molar-refractivity contribution in [3.8, 4) is 5.75 Å². The van der Waals surface area contributed by atoms with E-state index < -0.39 is 0 Å². The van der Waals surface area contributed by atoms with E-state index in [1.54, 1.807) is 0 Å². The van der Waals surface area contributed by atoms with Crippen LogP contribution in [-0.4, -0.2) is 44.4 Å². The van der Waals surface area contributed by atoms with Crippen LogP contribution in [-0.2, 0) is 4.74 Å². The summed E-state index contributed by atoms with van der Waals surface area (Å²) in [5.41, 5.74) is 0.144. The Morgan fingerprint density at radius 2 is 2.08 bits per heavy atom. The zero-order chi connectivity index (χ0) is 17.2. The van der Waals surface area contributed by atoms with Gasteiger partial charge in [0.15, 0.2) is 5.96 Å². The first-order valence-electron chi connectivity index (χ1n) is 8.83. The Morgan fingerprint density at radius 3 is 2.76 bits per heavy atom. The summed E-state index contributed by atoms with van der Waals surface area (Å²) >= 11 is 0. The summed E-state index contributed by atoms with van der Waals surface area (Å²) in [7, 11) is 1.81. The summed E-state index contributed by atoms with van der Waals surface area (Å²) in [4.78, 5) is 4.37. The second-order valence-electron chi connectivity index (χ2n) is 7.38. The van der Waals surface area contributed by atoms with Gasteiger partial charge in [0, 0.05) is 31.0 Å². The molecule has 0 amide bonds. The molecule has 5 nitrogen and oxygen atoms in total. The monoisotopic (exact) mass is 459 g/mol. The Morgan fingerprint density at radius 1 is 1.36 bits per heavy atom. The van der Waals surface area contributed by atoms with Gasteiger partial charge in [-0.2, -0.15) is 0 Å². The average molecular weight is 459 g/mol. The van der Waals surface area contributed by atoms with E-state index in [0.717, 1.165) is 24.7 Å². The molecule has 6 heteroatoms. The molecule has 0 aromatic heterocycles. The molecule has 1 saturated heterocycles. The number of nitrogens with one attached hydrogen (secondary N) is 2. The van der Waals surface area contributed by atoms with Crippen LogP contribution in [0.1, 0.15) is 27.2 Å². The van der Waals surface area contributed by atoms with Gasteiger partial charge in [0.25, 0.3) is 0 Å². The second kappa shape index (κ2) is 8.58. The standard InChI is InChI=1S/C19H29N3O2.HI/c1-13(24-14-8-6-5-7-9-14)12-21-18(20-4)22-16-15-10-11-23-17(15)19(16,2)3;/h5-9,13,15-17H,10-12H2,1-4H3,(H2,20,21,22);1H. The number of benzene rings is 1. The lowest BCUT2D eigenvalue weighted by Crippen LogP contribution is -2.68. The van der Waals surface area contributed by atoms with Gasteiger partial charge in [0.2, 0.25) is 0 Å². The van der Waals surface area contributed by atoms with Crippen LogP contribution in [0.5, 0.6) is 5.75 Å². The van der Waals surface area contributed by atoms with Crippen molar-refractivity contribution < 1.29 is 9.47 Å². The lowest BCUT2D eigenvalue weighted by atomic mass is 9.57. The molecular formula is C19H30IN3O2. The SMILES string of the molecule is CN=C(NCC(C)Oc1ccccc1)NC1C2CCOC2C1(C)C.I. The Balaban J connectivity index is 0.00000225. The first-order chi connectivity index (χ1) is 11.5. The highest BCUT2D eigenvalue weighted by atomic mass is 127. The molecule has 1 saturated carbocycles. The van der Waals surface area contributed by atoms with Gasteiger partial charge in [-0.15, -0.1) is 24.0 Å². The highest BCUT2D eigenvalue weighted by Crippen LogP contribution is 2.52. The van der Waals surface area contributed by atoms with E-state index in [-0.39, 0.29) is 35.5 Å². The third-order valence-corrected chi connectivity index (χ3v) is 5.25. The Kier molecular flexibility index (Phi) is 6.96. The van der Waals surface area contributed by atoms with Gasteiger partial charge in [-0.1, -0.05) is 32.0 Å². The molecule has 4 unspecified atom stereocenters. The molecule has 2 aliphatic rings. The van der Waals surface area contributed by atoms with E-state index in [1.807, 2.05) is 37.4 Å². The van der Waals surface area contributed by atoms with E-state index >= 15 is 0 Å². The van der Waals surface area contributed by atoms with Crippen LogP contribution >= 0.6 is 24.0 Å². The molecule has 0 bridgehead atoms. The summed E-state index contributed by atoms with van der Waals surface area (Å²) in [5.74, 6) is 2.32. The third-order valence-electron chi connectivity index (χ3n) is 5.25. The van der Waals surface area contributed by atoms with Crippen LogP contribution in [0.15, 0.2) is 35.3 Å². The summed E-state index contributed by atoms with van der Waals surface area (Å²) < 4.78 is 11.8. The molecule has 4 atom stereocenters. The zero-order valence-electron chi connectivity index (χ0n) is 15.5. The molecule has 3 rings (SSSR count). The van der Waals surface area contributed by atoms with Crippen molar-refractivity contribution in [1.29, 1.82) is 0 Å². The normalized spacial score (nSPS) is 28.2. The number of hydrogen-bond donors (Lipinski definition) is 2. The van der Waals surface area contributed by atoms with Crippen LogP contribution in [0.3, 0.4) is 0 Å². The van der Waals surface area contributed by atoms with Crippen LogP contribution in [0, 0.1) is 11.3 Å². The number of aliphatic imine (C=N–C) groups is 1. The third kappa shape index (κ3) is 4.39. The van der Waals surface area contributed by atoms with Crippen molar-refractivity contribution in [2.75, 3.05) is 20.2 Å². The van der Waals surface area contributed by atoms with Crippen molar-refractivity contribution in [2.45, 2.75) is 45.4 Å². The Labute approximate surface area is 168 Å². The van der Waals surface area contributed by atoms with E-state index in [9.17, 15) is 0 Å². The van der Waals surface area contributed by atoms with Crippen molar-refractivity contribution in [1.82, 2.24) is 10.6 Å². The van der Waals surface area contributed by atoms with Crippen molar-refractivity contribution in [3.05, 3.63) is 30.3 Å². The minimum Gasteiger partial charge on any atom is -0.489 e. The predicted octanol–water partition coefficient (Wildman–Crippen LogP) is 3.05. The summed E-state index contributed by atoms with van der Waals surface area (Å²) in [6.45, 7) is 8.18. The maximum Gasteiger partial charge on any atom is 0.191 e. The van der Waals surface area contributed by atoms with E-state index in [2.05, 4.69) is 36.4 Å². The largest absolute Gasteiger partial charge is 0.489 e. The second-order valence-corrected chi connectivity index (χ2v) is 7.38. The maximum atomic E-state index is 5.90. The van der Waals surface area contributed by atoms with Gasteiger partial charge in [0.05, 0.1) is 12.6 Å². The van der Waals surface area contributed by atoms with Gasteiger partial charge in [-0.3, -0.25) is 4.99 Å². The number of halogens is 1. The van der Waals surface area contributed by atoms with Crippen LogP contribution < -0.4 is 15.4 Å². The van der Waals surface area contributed by atoms with Gasteiger partial charge < -0.3 is 20.1 Å². The molecule has 2 fully saturated rings. The number of nitrogens with zero attached hydrogens (tertiary/aromatic N) is 1. The summed E-state index contributed by atoms with van der Waals surface area (Å²) in [5, 5.41) is 6.97. The molecule has 0 radical (unpaired) electrons. The number of guanidine groups is 1. The van der Waals surface area contributed by atoms with Crippen LogP contribution in [0.4, 0.5) is 0 Å². The van der Waals surface area contributed by atoms with Crippen molar-refractivity contribution in [3.63, 3.8) is 0 Å². The number of hydrogen-bond acceptors (Lipinski definition) is 3. The smallest absolute Gasteiger partial charge is 0.191 e. The Bertz CT molecular complexity index is 579. The van der Waals surface area contributed by atoms with E-state index in [4.69, 9.17) is 9.47 Å². The fourth-order valence-electron chi connectivity index (χ4n) is 3.97. The number of fused-ring (bicyclic) bond motifs is 1. The average Bonchev–Trinajstić information content (AvgIpc) is 3.03. The lowest BCUT2D eigenvalue weighted by Gasteiger charge is -2.54. The fraction of sp³-hybridized carbons (Fsp3) is 0.632. The lowest BCUT2D eigenvalue weighted by molar-refractivity contribution is -0.106. The molecule has 1 aliphatic carbocycles. The zero-order valence-corrected chi connectivity index (χ0v) is 17.8. The quantitative estimate of drug-likeness (QED) is 0.404. The van der Waals surface area contributed by atoms with E-state index in [1.165, 1.54) is 0 Å². The first-order valence-corrected chi connectivity index (χ1v) is 8.83. The molecule has 1 aromatic rings. The molecule has 0 spiro atoms. The Hall–Kier alpha value is -1.02.